The molecule has 0 aromatic heterocycles. The van der Waals surface area contributed by atoms with E-state index in [0.717, 1.165) is 11.1 Å². The molecule has 5 nitrogen and oxygen atoms in total. The van der Waals surface area contributed by atoms with Gasteiger partial charge in [0.15, 0.2) is 11.5 Å². The van der Waals surface area contributed by atoms with E-state index in [1.807, 2.05) is 78.9 Å². The smallest absolute Gasteiger partial charge is 0.281 e. The molecule has 160 valence electrons. The summed E-state index contributed by atoms with van der Waals surface area (Å²) in [5, 5.41) is 6.10. The van der Waals surface area contributed by atoms with Gasteiger partial charge in [-0.15, -0.1) is 0 Å². The number of hydrogen-bond donors (Lipinski definition) is 0. The summed E-state index contributed by atoms with van der Waals surface area (Å²) >= 11 is 3.55. The average Bonchev–Trinajstić information content (AvgIpc) is 3.15. The van der Waals surface area contributed by atoms with Crippen LogP contribution in [0, 0.1) is 0 Å². The largest absolute Gasteiger partial charge is 0.493 e. The van der Waals surface area contributed by atoms with E-state index in [4.69, 9.17) is 9.47 Å². The van der Waals surface area contributed by atoms with E-state index >= 15 is 0 Å². The summed E-state index contributed by atoms with van der Waals surface area (Å²) < 4.78 is 11.9. The zero-order chi connectivity index (χ0) is 22.5. The Kier molecular flexibility index (Phi) is 6.52. The molecule has 1 amide bonds. The van der Waals surface area contributed by atoms with Crippen LogP contribution in [0.3, 0.4) is 0 Å². The summed E-state index contributed by atoms with van der Waals surface area (Å²) in [5.74, 6) is 0.934. The molecule has 0 radical (unpaired) electrons. The minimum atomic E-state index is -0.197. The number of rotatable bonds is 7. The lowest BCUT2D eigenvalue weighted by molar-refractivity contribution is -0.114. The highest BCUT2D eigenvalue weighted by atomic mass is 79.9. The van der Waals surface area contributed by atoms with Crippen LogP contribution in [0.15, 0.2) is 101 Å². The number of carbonyl (C=O) groups excluding carboxylic acids is 1. The molecule has 0 atom stereocenters. The van der Waals surface area contributed by atoms with Crippen LogP contribution in [0.5, 0.6) is 11.5 Å². The molecule has 0 bridgehead atoms. The number of methoxy groups -OCH3 is 1. The fourth-order valence-corrected chi connectivity index (χ4v) is 3.94. The molecule has 0 N–H and O–H groups in total. The van der Waals surface area contributed by atoms with E-state index in [2.05, 4.69) is 27.6 Å². The molecule has 0 unspecified atom stereocenters. The topological polar surface area (TPSA) is 51.1 Å². The predicted molar refractivity (Wildman–Crippen MR) is 131 cm³/mol. The zero-order valence-corrected chi connectivity index (χ0v) is 19.1. The van der Waals surface area contributed by atoms with Crippen molar-refractivity contribution >= 4 is 39.3 Å². The quantitative estimate of drug-likeness (QED) is 0.309. The second kappa shape index (κ2) is 9.66. The minimum absolute atomic E-state index is 0.197. The lowest BCUT2D eigenvalue weighted by atomic mass is 10.00. The van der Waals surface area contributed by atoms with Crippen molar-refractivity contribution in [1.29, 1.82) is 0 Å². The Morgan fingerprint density at radius 2 is 1.75 bits per heavy atom. The summed E-state index contributed by atoms with van der Waals surface area (Å²) in [6, 6.07) is 22.8. The van der Waals surface area contributed by atoms with Gasteiger partial charge in [-0.25, -0.2) is 0 Å². The van der Waals surface area contributed by atoms with Gasteiger partial charge in [0.05, 0.1) is 22.8 Å². The molecule has 0 spiro atoms. The number of anilines is 1. The van der Waals surface area contributed by atoms with Crippen LogP contribution in [0.2, 0.25) is 0 Å². The normalized spacial score (nSPS) is 14.4. The number of ether oxygens (including phenoxy) is 2. The Balaban J connectivity index is 1.80. The van der Waals surface area contributed by atoms with Crippen LogP contribution in [-0.2, 0) is 4.79 Å². The van der Waals surface area contributed by atoms with E-state index in [-0.39, 0.29) is 5.91 Å². The third-order valence-electron chi connectivity index (χ3n) is 4.83. The third-order valence-corrected chi connectivity index (χ3v) is 5.42. The number of halogens is 1. The SMILES string of the molecule is C=CCOc1c(Br)cc(/C=C2\C(=O)N(c3ccccc3)N=C2c2ccccc2)cc1OC. The van der Waals surface area contributed by atoms with Gasteiger partial charge in [0, 0.05) is 5.56 Å². The molecule has 1 heterocycles. The zero-order valence-electron chi connectivity index (χ0n) is 17.5. The summed E-state index contributed by atoms with van der Waals surface area (Å²) in [6.07, 6.45) is 3.49. The number of para-hydroxylation sites is 1. The average molecular weight is 489 g/mol. The molecule has 0 fully saturated rings. The van der Waals surface area contributed by atoms with Crippen molar-refractivity contribution in [3.63, 3.8) is 0 Å². The Bertz CT molecular complexity index is 1200. The second-order valence-electron chi connectivity index (χ2n) is 6.96. The number of nitrogens with zero attached hydrogens (tertiary/aromatic N) is 2. The highest BCUT2D eigenvalue weighted by molar-refractivity contribution is 9.10. The first-order chi connectivity index (χ1) is 15.6. The van der Waals surface area contributed by atoms with Crippen molar-refractivity contribution in [2.24, 2.45) is 5.10 Å². The maximum atomic E-state index is 13.4. The van der Waals surface area contributed by atoms with Crippen LogP contribution < -0.4 is 14.5 Å². The van der Waals surface area contributed by atoms with Crippen LogP contribution in [0.25, 0.3) is 6.08 Å². The first kappa shape index (κ1) is 21.6. The summed E-state index contributed by atoms with van der Waals surface area (Å²) in [7, 11) is 1.58. The summed E-state index contributed by atoms with van der Waals surface area (Å²) in [6.45, 7) is 4.03. The van der Waals surface area contributed by atoms with E-state index in [1.54, 1.807) is 13.2 Å². The predicted octanol–water partition coefficient (Wildman–Crippen LogP) is 5.86. The van der Waals surface area contributed by atoms with Crippen LogP contribution in [-0.4, -0.2) is 25.3 Å². The highest BCUT2D eigenvalue weighted by Crippen LogP contribution is 2.38. The van der Waals surface area contributed by atoms with Crippen molar-refractivity contribution in [3.8, 4) is 11.5 Å². The first-order valence-electron chi connectivity index (χ1n) is 9.99. The van der Waals surface area contributed by atoms with E-state index in [1.165, 1.54) is 5.01 Å². The molecule has 6 heteroatoms. The maximum Gasteiger partial charge on any atom is 0.281 e. The van der Waals surface area contributed by atoms with Crippen molar-refractivity contribution in [2.45, 2.75) is 0 Å². The lowest BCUT2D eigenvalue weighted by Gasteiger charge is -2.13. The van der Waals surface area contributed by atoms with E-state index < -0.39 is 0 Å². The van der Waals surface area contributed by atoms with Gasteiger partial charge in [0.25, 0.3) is 5.91 Å². The summed E-state index contributed by atoms with van der Waals surface area (Å²) in [5.41, 5.74) is 3.46. The van der Waals surface area contributed by atoms with Crippen molar-refractivity contribution in [2.75, 3.05) is 18.7 Å². The maximum absolute atomic E-state index is 13.4. The Hall–Kier alpha value is -3.64. The number of hydrogen-bond acceptors (Lipinski definition) is 4. The van der Waals surface area contributed by atoms with Gasteiger partial charge >= 0.3 is 0 Å². The molecule has 0 aliphatic carbocycles. The molecule has 0 saturated carbocycles. The fourth-order valence-electron chi connectivity index (χ4n) is 3.37. The van der Waals surface area contributed by atoms with Crippen LogP contribution in [0.1, 0.15) is 11.1 Å². The lowest BCUT2D eigenvalue weighted by Crippen LogP contribution is -2.21. The second-order valence-corrected chi connectivity index (χ2v) is 7.81. The number of benzene rings is 3. The standard InChI is InChI=1S/C26H21BrN2O3/c1-3-14-32-25-22(27)16-18(17-23(25)31-2)15-21-24(19-10-6-4-7-11-19)28-29(26(21)30)20-12-8-5-9-13-20/h3-13,15-17H,1,14H2,2H3/b21-15-. The van der Waals surface area contributed by atoms with Crippen LogP contribution in [0.4, 0.5) is 5.69 Å². The van der Waals surface area contributed by atoms with Crippen molar-refractivity contribution in [3.05, 3.63) is 107 Å². The van der Waals surface area contributed by atoms with E-state index in [9.17, 15) is 4.79 Å². The van der Waals surface area contributed by atoms with Crippen molar-refractivity contribution < 1.29 is 14.3 Å². The molecule has 0 saturated heterocycles. The van der Waals surface area contributed by atoms with Gasteiger partial charge < -0.3 is 9.47 Å². The highest BCUT2D eigenvalue weighted by Gasteiger charge is 2.32. The number of carbonyl (C=O) groups is 1. The molecule has 4 rings (SSSR count). The Morgan fingerprint density at radius 3 is 2.41 bits per heavy atom. The van der Waals surface area contributed by atoms with Gasteiger partial charge in [-0.1, -0.05) is 61.2 Å². The minimum Gasteiger partial charge on any atom is -0.493 e. The number of hydrazone groups is 1. The number of amides is 1. The van der Waals surface area contributed by atoms with Gasteiger partial charge in [-0.2, -0.15) is 10.1 Å². The monoisotopic (exact) mass is 488 g/mol. The van der Waals surface area contributed by atoms with Gasteiger partial charge in [-0.3, -0.25) is 4.79 Å². The van der Waals surface area contributed by atoms with Gasteiger partial charge in [0.1, 0.15) is 12.3 Å². The summed E-state index contributed by atoms with van der Waals surface area (Å²) in [4.78, 5) is 13.4. The molecule has 1 aliphatic rings. The first-order valence-corrected chi connectivity index (χ1v) is 10.8. The molecule has 32 heavy (non-hydrogen) atoms. The van der Waals surface area contributed by atoms with Gasteiger partial charge in [0.2, 0.25) is 0 Å². The molecular weight excluding hydrogens is 468 g/mol. The van der Waals surface area contributed by atoms with Crippen LogP contribution >= 0.6 is 15.9 Å². The van der Waals surface area contributed by atoms with E-state index in [0.29, 0.717) is 39.6 Å². The molecular formula is C26H21BrN2O3. The van der Waals surface area contributed by atoms with Crippen molar-refractivity contribution in [1.82, 2.24) is 0 Å². The third kappa shape index (κ3) is 4.36. The Labute approximate surface area is 195 Å². The molecule has 3 aromatic carbocycles. The Morgan fingerprint density at radius 1 is 1.06 bits per heavy atom. The molecule has 3 aromatic rings. The molecule has 1 aliphatic heterocycles. The fraction of sp³-hybridized carbons (Fsp3) is 0.0769. The van der Waals surface area contributed by atoms with Gasteiger partial charge in [-0.05, 0) is 51.8 Å².